The van der Waals surface area contributed by atoms with E-state index in [2.05, 4.69) is 23.6 Å². The molecule has 0 aliphatic rings. The average molecular weight is 381 g/mol. The van der Waals surface area contributed by atoms with Gasteiger partial charge in [-0.15, -0.1) is 0 Å². The number of anilines is 1. The molecule has 0 atom stereocenters. The lowest BCUT2D eigenvalue weighted by atomic mass is 9.98. The van der Waals surface area contributed by atoms with Crippen LogP contribution in [0.1, 0.15) is 36.5 Å². The number of hydrogen-bond acceptors (Lipinski definition) is 3. The van der Waals surface area contributed by atoms with Crippen LogP contribution in [-0.4, -0.2) is 13.4 Å². The first-order chi connectivity index (χ1) is 12.8. The maximum absolute atomic E-state index is 12.7. The molecule has 0 unspecified atom stereocenters. The van der Waals surface area contributed by atoms with Gasteiger partial charge in [0.25, 0.3) is 10.0 Å². The van der Waals surface area contributed by atoms with Crippen LogP contribution in [0.15, 0.2) is 65.8 Å². The summed E-state index contributed by atoms with van der Waals surface area (Å²) in [4.78, 5) is 4.45. The minimum absolute atomic E-state index is 0.261. The Morgan fingerprint density at radius 3 is 2.19 bits per heavy atom. The molecule has 3 aromatic rings. The number of hydrogen-bond donors (Lipinski definition) is 1. The van der Waals surface area contributed by atoms with Crippen LogP contribution in [-0.2, 0) is 10.0 Å². The van der Waals surface area contributed by atoms with Gasteiger partial charge in [-0.25, -0.2) is 8.42 Å². The summed E-state index contributed by atoms with van der Waals surface area (Å²) < 4.78 is 28.0. The number of benzene rings is 2. The largest absolute Gasteiger partial charge is 0.280 e. The number of pyridine rings is 1. The molecule has 0 bridgehead atoms. The fourth-order valence-electron chi connectivity index (χ4n) is 3.02. The predicted octanol–water partition coefficient (Wildman–Crippen LogP) is 5.29. The van der Waals surface area contributed by atoms with E-state index in [-0.39, 0.29) is 4.90 Å². The summed E-state index contributed by atoms with van der Waals surface area (Å²) in [6.07, 6.45) is 3.60. The molecule has 0 saturated carbocycles. The van der Waals surface area contributed by atoms with Gasteiger partial charge in [-0.2, -0.15) is 0 Å². The van der Waals surface area contributed by atoms with E-state index in [0.29, 0.717) is 11.6 Å². The molecule has 27 heavy (non-hydrogen) atoms. The van der Waals surface area contributed by atoms with E-state index in [4.69, 9.17) is 0 Å². The van der Waals surface area contributed by atoms with Crippen LogP contribution in [0.25, 0.3) is 11.1 Å². The number of rotatable bonds is 5. The van der Waals surface area contributed by atoms with Crippen molar-refractivity contribution >= 4 is 15.7 Å². The summed E-state index contributed by atoms with van der Waals surface area (Å²) in [7, 11) is -3.62. The molecule has 2 aromatic carbocycles. The molecule has 0 amide bonds. The molecule has 0 aliphatic heterocycles. The number of aryl methyl sites for hydroxylation is 2. The van der Waals surface area contributed by atoms with Crippen molar-refractivity contribution in [2.45, 2.75) is 38.5 Å². The maximum Gasteiger partial charge on any atom is 0.261 e. The van der Waals surface area contributed by atoms with Gasteiger partial charge in [-0.3, -0.25) is 9.71 Å². The van der Waals surface area contributed by atoms with Crippen LogP contribution in [0, 0.1) is 13.8 Å². The highest BCUT2D eigenvalue weighted by molar-refractivity contribution is 7.92. The molecule has 1 aromatic heterocycles. The molecule has 0 radical (unpaired) electrons. The summed E-state index contributed by atoms with van der Waals surface area (Å²) in [6.45, 7) is 8.16. The van der Waals surface area contributed by atoms with E-state index in [1.807, 2.05) is 50.4 Å². The maximum atomic E-state index is 12.7. The summed E-state index contributed by atoms with van der Waals surface area (Å²) in [5.41, 5.74) is 5.87. The Bertz CT molecular complexity index is 1060. The topological polar surface area (TPSA) is 59.1 Å². The number of aromatic nitrogens is 1. The summed E-state index contributed by atoms with van der Waals surface area (Å²) in [5.74, 6) is 0.362. The second-order valence-corrected chi connectivity index (χ2v) is 8.73. The number of nitrogens with one attached hydrogen (secondary N) is 1. The third kappa shape index (κ3) is 4.19. The highest BCUT2D eigenvalue weighted by Gasteiger charge is 2.15. The smallest absolute Gasteiger partial charge is 0.261 e. The van der Waals surface area contributed by atoms with Crippen molar-refractivity contribution in [2.75, 3.05) is 4.72 Å². The average Bonchev–Trinajstić information content (AvgIpc) is 2.62. The fourth-order valence-corrected chi connectivity index (χ4v) is 4.07. The van der Waals surface area contributed by atoms with Gasteiger partial charge in [0.2, 0.25) is 0 Å². The minimum atomic E-state index is -3.62. The van der Waals surface area contributed by atoms with Crippen molar-refractivity contribution in [3.8, 4) is 11.1 Å². The Morgan fingerprint density at radius 1 is 0.889 bits per heavy atom. The lowest BCUT2D eigenvalue weighted by Crippen LogP contribution is -2.13. The van der Waals surface area contributed by atoms with E-state index in [1.54, 1.807) is 24.4 Å². The van der Waals surface area contributed by atoms with Gasteiger partial charge in [-0.1, -0.05) is 32.0 Å². The Labute approximate surface area is 161 Å². The molecule has 0 aliphatic carbocycles. The minimum Gasteiger partial charge on any atom is -0.280 e. The molecule has 0 saturated heterocycles. The SMILES string of the molecule is Cc1cc(NS(=O)(=O)c2ccc(C(C)C)cc2)ccc1-c1cnccc1C. The second-order valence-electron chi connectivity index (χ2n) is 7.05. The Balaban J connectivity index is 1.87. The van der Waals surface area contributed by atoms with Gasteiger partial charge in [0.1, 0.15) is 0 Å². The third-order valence-electron chi connectivity index (χ3n) is 4.66. The van der Waals surface area contributed by atoms with Crippen LogP contribution >= 0.6 is 0 Å². The first kappa shape index (κ1) is 19.1. The van der Waals surface area contributed by atoms with Crippen LogP contribution in [0.2, 0.25) is 0 Å². The monoisotopic (exact) mass is 380 g/mol. The van der Waals surface area contributed by atoms with Crippen LogP contribution in [0.4, 0.5) is 5.69 Å². The fraction of sp³-hybridized carbons (Fsp3) is 0.227. The normalized spacial score (nSPS) is 11.6. The van der Waals surface area contributed by atoms with Gasteiger partial charge < -0.3 is 0 Å². The standard InChI is InChI=1S/C22H24N2O2S/c1-15(2)18-5-8-20(9-6-18)27(25,26)24-19-7-10-21(17(4)13-19)22-14-23-12-11-16(22)3/h5-15,24H,1-4H3. The van der Waals surface area contributed by atoms with Gasteiger partial charge in [0, 0.05) is 23.6 Å². The molecule has 0 spiro atoms. The molecule has 4 nitrogen and oxygen atoms in total. The molecule has 140 valence electrons. The van der Waals surface area contributed by atoms with Crippen LogP contribution in [0.3, 0.4) is 0 Å². The van der Waals surface area contributed by atoms with Gasteiger partial charge >= 0.3 is 0 Å². The first-order valence-electron chi connectivity index (χ1n) is 8.92. The van der Waals surface area contributed by atoms with Crippen molar-refractivity contribution in [1.29, 1.82) is 0 Å². The van der Waals surface area contributed by atoms with Crippen LogP contribution in [0.5, 0.6) is 0 Å². The van der Waals surface area contributed by atoms with E-state index < -0.39 is 10.0 Å². The molecular formula is C22H24N2O2S. The third-order valence-corrected chi connectivity index (χ3v) is 6.06. The van der Waals surface area contributed by atoms with Crippen molar-refractivity contribution in [3.05, 3.63) is 77.6 Å². The highest BCUT2D eigenvalue weighted by atomic mass is 32.2. The van der Waals surface area contributed by atoms with Crippen molar-refractivity contribution in [3.63, 3.8) is 0 Å². The van der Waals surface area contributed by atoms with Crippen molar-refractivity contribution < 1.29 is 8.42 Å². The Kier molecular flexibility index (Phi) is 5.33. The lowest BCUT2D eigenvalue weighted by molar-refractivity contribution is 0.601. The van der Waals surface area contributed by atoms with E-state index in [0.717, 1.165) is 27.8 Å². The Hall–Kier alpha value is -2.66. The second kappa shape index (κ2) is 7.53. The van der Waals surface area contributed by atoms with Crippen molar-refractivity contribution in [2.24, 2.45) is 0 Å². The number of sulfonamides is 1. The molecule has 5 heteroatoms. The van der Waals surface area contributed by atoms with E-state index >= 15 is 0 Å². The quantitative estimate of drug-likeness (QED) is 0.654. The Morgan fingerprint density at radius 2 is 1.59 bits per heavy atom. The highest BCUT2D eigenvalue weighted by Crippen LogP contribution is 2.29. The van der Waals surface area contributed by atoms with E-state index in [9.17, 15) is 8.42 Å². The van der Waals surface area contributed by atoms with Crippen molar-refractivity contribution in [1.82, 2.24) is 4.98 Å². The zero-order chi connectivity index (χ0) is 19.6. The predicted molar refractivity (Wildman–Crippen MR) is 110 cm³/mol. The zero-order valence-electron chi connectivity index (χ0n) is 16.0. The lowest BCUT2D eigenvalue weighted by Gasteiger charge is -2.13. The molecule has 1 N–H and O–H groups in total. The van der Waals surface area contributed by atoms with Gasteiger partial charge in [0.05, 0.1) is 4.90 Å². The molecule has 0 fully saturated rings. The molecular weight excluding hydrogens is 356 g/mol. The zero-order valence-corrected chi connectivity index (χ0v) is 16.8. The summed E-state index contributed by atoms with van der Waals surface area (Å²) >= 11 is 0. The summed E-state index contributed by atoms with van der Waals surface area (Å²) in [5, 5.41) is 0. The van der Waals surface area contributed by atoms with Crippen LogP contribution < -0.4 is 4.72 Å². The first-order valence-corrected chi connectivity index (χ1v) is 10.4. The van der Waals surface area contributed by atoms with E-state index in [1.165, 1.54) is 0 Å². The summed E-state index contributed by atoms with van der Waals surface area (Å²) in [6, 6.07) is 14.6. The molecule has 1 heterocycles. The number of nitrogens with zero attached hydrogens (tertiary/aromatic N) is 1. The van der Waals surface area contributed by atoms with Gasteiger partial charge in [-0.05, 0) is 72.4 Å². The molecule has 3 rings (SSSR count). The van der Waals surface area contributed by atoms with Gasteiger partial charge in [0.15, 0.2) is 0 Å².